The van der Waals surface area contributed by atoms with Gasteiger partial charge in [0.1, 0.15) is 0 Å². The van der Waals surface area contributed by atoms with Crippen molar-refractivity contribution < 1.29 is 0 Å². The van der Waals surface area contributed by atoms with Crippen molar-refractivity contribution in [3.8, 4) is 0 Å². The molecule has 0 fully saturated rings. The summed E-state index contributed by atoms with van der Waals surface area (Å²) in [5.74, 6) is 0. The van der Waals surface area contributed by atoms with Gasteiger partial charge in [0, 0.05) is 21.2 Å². The van der Waals surface area contributed by atoms with Gasteiger partial charge < -0.3 is 5.32 Å². The molecule has 222 valence electrons. The molecule has 2 aliphatic rings. The molecule has 0 saturated heterocycles. The van der Waals surface area contributed by atoms with E-state index >= 15 is 0 Å². The highest BCUT2D eigenvalue weighted by molar-refractivity contribution is 8.08. The molecule has 7 rings (SSSR count). The summed E-state index contributed by atoms with van der Waals surface area (Å²) in [6.45, 7) is 10.6. The summed E-state index contributed by atoms with van der Waals surface area (Å²) in [6.07, 6.45) is 12.8. The average Bonchev–Trinajstić information content (AvgIpc) is 3.37. The maximum absolute atomic E-state index is 4.27. The first kappa shape index (κ1) is 29.4. The standard InChI is InChI=1S/C44H35NS/c1-4-15-40-37(5-2)39-29-28-36(30-41(39)44(40,33-17-8-6-9-18-33)34-19-10-7-11-20-34)45-35-26-24-32(25-27-35)42-23-14-16-31(3)38-21-12-13-22-43(38)46-42/h4-30,45H,2-3H2,1H3/b15-4-,16-14-,42-23-. The number of rotatable bonds is 7. The lowest BCUT2D eigenvalue weighted by atomic mass is 9.66. The zero-order chi connectivity index (χ0) is 31.5. The molecule has 0 radical (unpaired) electrons. The van der Waals surface area contributed by atoms with Crippen molar-refractivity contribution in [3.63, 3.8) is 0 Å². The maximum atomic E-state index is 4.27. The molecule has 0 unspecified atom stereocenters. The van der Waals surface area contributed by atoms with E-state index in [4.69, 9.17) is 0 Å². The molecule has 1 aliphatic carbocycles. The van der Waals surface area contributed by atoms with Crippen LogP contribution in [0.15, 0.2) is 187 Å². The maximum Gasteiger partial charge on any atom is 0.0714 e. The van der Waals surface area contributed by atoms with Gasteiger partial charge in [-0.15, -0.1) is 0 Å². The van der Waals surface area contributed by atoms with Crippen LogP contribution in [0.2, 0.25) is 0 Å². The molecule has 1 aliphatic heterocycles. The predicted octanol–water partition coefficient (Wildman–Crippen LogP) is 12.0. The normalized spacial score (nSPS) is 17.0. The Hall–Kier alpha value is -5.31. The average molecular weight is 610 g/mol. The number of thioether (sulfide) groups is 1. The van der Waals surface area contributed by atoms with E-state index in [2.05, 4.69) is 183 Å². The Kier molecular flexibility index (Phi) is 8.05. The van der Waals surface area contributed by atoms with E-state index in [0.717, 1.165) is 16.9 Å². The summed E-state index contributed by atoms with van der Waals surface area (Å²) in [4.78, 5) is 2.42. The SMILES string of the molecule is C=CC1=C(/C=C\C)C(c2ccccc2)(c2ccccc2)c2cc(Nc3ccc(/C4=C/C=C\C(=C)c5ccccc5S4)cc3)ccc21. The zero-order valence-electron chi connectivity index (χ0n) is 25.9. The topological polar surface area (TPSA) is 12.0 Å². The lowest BCUT2D eigenvalue weighted by molar-refractivity contribution is 0.761. The van der Waals surface area contributed by atoms with Gasteiger partial charge in [0.05, 0.1) is 5.41 Å². The first-order chi connectivity index (χ1) is 22.6. The van der Waals surface area contributed by atoms with E-state index in [9.17, 15) is 0 Å². The van der Waals surface area contributed by atoms with Gasteiger partial charge >= 0.3 is 0 Å². The first-order valence-corrected chi connectivity index (χ1v) is 16.4. The monoisotopic (exact) mass is 609 g/mol. The number of fused-ring (bicyclic) bond motifs is 2. The van der Waals surface area contributed by atoms with Crippen LogP contribution in [0, 0.1) is 0 Å². The van der Waals surface area contributed by atoms with Gasteiger partial charge in [0.2, 0.25) is 0 Å². The summed E-state index contributed by atoms with van der Waals surface area (Å²) in [5, 5.41) is 3.71. The molecule has 0 aromatic heterocycles. The van der Waals surface area contributed by atoms with Gasteiger partial charge in [-0.3, -0.25) is 0 Å². The molecular weight excluding hydrogens is 575 g/mol. The molecule has 2 heteroatoms. The smallest absolute Gasteiger partial charge is 0.0714 e. The molecule has 0 bridgehead atoms. The molecule has 0 spiro atoms. The third kappa shape index (κ3) is 5.11. The summed E-state index contributed by atoms with van der Waals surface area (Å²) >= 11 is 1.78. The molecule has 5 aromatic rings. The number of hydrogen-bond donors (Lipinski definition) is 1. The third-order valence-electron chi connectivity index (χ3n) is 8.82. The Balaban J connectivity index is 1.27. The first-order valence-electron chi connectivity index (χ1n) is 15.6. The Morgan fingerprint density at radius 1 is 0.717 bits per heavy atom. The number of nitrogens with one attached hydrogen (secondary N) is 1. The van der Waals surface area contributed by atoms with Gasteiger partial charge in [-0.05, 0) is 93.4 Å². The molecule has 1 nitrogen and oxygen atoms in total. The summed E-state index contributed by atoms with van der Waals surface area (Å²) in [5.41, 5.74) is 12.3. The van der Waals surface area contributed by atoms with Crippen LogP contribution >= 0.6 is 11.8 Å². The highest BCUT2D eigenvalue weighted by Gasteiger charge is 2.46. The van der Waals surface area contributed by atoms with Crippen molar-refractivity contribution >= 4 is 39.2 Å². The minimum atomic E-state index is -0.480. The minimum Gasteiger partial charge on any atom is -0.356 e. The molecule has 0 atom stereocenters. The fraction of sp³-hybridized carbons (Fsp3) is 0.0455. The fourth-order valence-corrected chi connectivity index (χ4v) is 7.87. The Morgan fingerprint density at radius 2 is 1.37 bits per heavy atom. The van der Waals surface area contributed by atoms with Gasteiger partial charge in [0.15, 0.2) is 0 Å². The van der Waals surface area contributed by atoms with Gasteiger partial charge in [-0.1, -0.05) is 152 Å². The van der Waals surface area contributed by atoms with Crippen LogP contribution in [0.5, 0.6) is 0 Å². The predicted molar refractivity (Wildman–Crippen MR) is 199 cm³/mol. The summed E-state index contributed by atoms with van der Waals surface area (Å²) < 4.78 is 0. The van der Waals surface area contributed by atoms with E-state index < -0.39 is 5.41 Å². The Bertz CT molecular complexity index is 2020. The van der Waals surface area contributed by atoms with Gasteiger partial charge in [-0.25, -0.2) is 0 Å². The fourth-order valence-electron chi connectivity index (χ4n) is 6.78. The van der Waals surface area contributed by atoms with Crippen molar-refractivity contribution in [3.05, 3.63) is 216 Å². The minimum absolute atomic E-state index is 0.480. The molecular formula is C44H35NS. The van der Waals surface area contributed by atoms with Gasteiger partial charge in [0.25, 0.3) is 0 Å². The molecule has 1 N–H and O–H groups in total. The van der Waals surface area contributed by atoms with Crippen LogP contribution in [0.1, 0.15) is 40.3 Å². The lowest BCUT2D eigenvalue weighted by Gasteiger charge is -2.35. The van der Waals surface area contributed by atoms with Crippen LogP contribution in [0.25, 0.3) is 16.1 Å². The Labute approximate surface area is 276 Å². The van der Waals surface area contributed by atoms with Crippen molar-refractivity contribution in [1.29, 1.82) is 0 Å². The number of hydrogen-bond acceptors (Lipinski definition) is 2. The third-order valence-corrected chi connectivity index (χ3v) is 9.98. The number of anilines is 2. The van der Waals surface area contributed by atoms with E-state index in [1.807, 2.05) is 6.08 Å². The van der Waals surface area contributed by atoms with Crippen LogP contribution in [-0.2, 0) is 5.41 Å². The van der Waals surface area contributed by atoms with E-state index in [1.165, 1.54) is 54.3 Å². The second kappa shape index (κ2) is 12.6. The highest BCUT2D eigenvalue weighted by Crippen LogP contribution is 2.56. The second-order valence-corrected chi connectivity index (χ2v) is 12.6. The van der Waals surface area contributed by atoms with E-state index in [1.54, 1.807) is 11.8 Å². The van der Waals surface area contributed by atoms with E-state index in [-0.39, 0.29) is 0 Å². The quantitative estimate of drug-likeness (QED) is 0.197. The van der Waals surface area contributed by atoms with Crippen molar-refractivity contribution in [2.75, 3.05) is 5.32 Å². The van der Waals surface area contributed by atoms with Crippen molar-refractivity contribution in [2.45, 2.75) is 17.2 Å². The molecule has 1 heterocycles. The second-order valence-electron chi connectivity index (χ2n) is 11.5. The van der Waals surface area contributed by atoms with Crippen LogP contribution in [0.4, 0.5) is 11.4 Å². The molecule has 0 amide bonds. The Morgan fingerprint density at radius 3 is 2.04 bits per heavy atom. The van der Waals surface area contributed by atoms with Gasteiger partial charge in [-0.2, -0.15) is 0 Å². The van der Waals surface area contributed by atoms with Crippen LogP contribution in [0.3, 0.4) is 0 Å². The summed E-state index contributed by atoms with van der Waals surface area (Å²) in [7, 11) is 0. The van der Waals surface area contributed by atoms with Crippen molar-refractivity contribution in [2.24, 2.45) is 0 Å². The number of benzene rings is 5. The largest absolute Gasteiger partial charge is 0.356 e. The summed E-state index contributed by atoms with van der Waals surface area (Å²) in [6, 6.07) is 45.6. The lowest BCUT2D eigenvalue weighted by Crippen LogP contribution is -2.29. The highest BCUT2D eigenvalue weighted by atomic mass is 32.2. The van der Waals surface area contributed by atoms with Crippen LogP contribution in [-0.4, -0.2) is 0 Å². The van der Waals surface area contributed by atoms with Crippen LogP contribution < -0.4 is 5.32 Å². The van der Waals surface area contributed by atoms with E-state index in [0.29, 0.717) is 0 Å². The molecule has 5 aromatic carbocycles. The molecule has 0 saturated carbocycles. The van der Waals surface area contributed by atoms with Crippen molar-refractivity contribution in [1.82, 2.24) is 0 Å². The zero-order valence-corrected chi connectivity index (χ0v) is 26.7. The molecule has 46 heavy (non-hydrogen) atoms. The number of allylic oxidation sites excluding steroid dienone is 9.